The van der Waals surface area contributed by atoms with Gasteiger partial charge in [0.2, 0.25) is 5.91 Å². The Morgan fingerprint density at radius 1 is 1.24 bits per heavy atom. The average molecular weight is 243 g/mol. The third-order valence-electron chi connectivity index (χ3n) is 3.27. The van der Waals surface area contributed by atoms with Gasteiger partial charge >= 0.3 is 5.97 Å². The van der Waals surface area contributed by atoms with E-state index in [2.05, 4.69) is 5.32 Å². The molecule has 1 unspecified atom stereocenters. The van der Waals surface area contributed by atoms with E-state index in [1.54, 1.807) is 6.92 Å². The summed E-state index contributed by atoms with van der Waals surface area (Å²) in [7, 11) is 0. The molecule has 0 aliphatic rings. The van der Waals surface area contributed by atoms with E-state index in [9.17, 15) is 9.59 Å². The van der Waals surface area contributed by atoms with E-state index in [0.717, 1.165) is 19.3 Å². The van der Waals surface area contributed by atoms with Crippen LogP contribution in [0.15, 0.2) is 0 Å². The molecule has 0 aliphatic carbocycles. The fourth-order valence-corrected chi connectivity index (χ4v) is 1.92. The molecule has 0 radical (unpaired) electrons. The highest BCUT2D eigenvalue weighted by Gasteiger charge is 2.33. The van der Waals surface area contributed by atoms with Crippen LogP contribution >= 0.6 is 0 Å². The normalized spacial score (nSPS) is 14.4. The van der Waals surface area contributed by atoms with E-state index in [0.29, 0.717) is 18.8 Å². The molecule has 1 atom stereocenters. The fraction of sp³-hybridized carbons (Fsp3) is 0.846. The summed E-state index contributed by atoms with van der Waals surface area (Å²) in [6.45, 7) is 7.58. The summed E-state index contributed by atoms with van der Waals surface area (Å²) in [5, 5.41) is 11.8. The number of nitrogens with one attached hydrogen (secondary N) is 1. The molecule has 0 aliphatic heterocycles. The molecule has 17 heavy (non-hydrogen) atoms. The lowest BCUT2D eigenvalue weighted by molar-refractivity contribution is -0.147. The van der Waals surface area contributed by atoms with Gasteiger partial charge in [-0.1, -0.05) is 40.0 Å². The maximum Gasteiger partial charge on any atom is 0.329 e. The number of carbonyl (C=O) groups excluding carboxylic acids is 1. The Morgan fingerprint density at radius 3 is 2.12 bits per heavy atom. The maximum absolute atomic E-state index is 11.8. The first-order chi connectivity index (χ1) is 7.89. The third-order valence-corrected chi connectivity index (χ3v) is 3.27. The smallest absolute Gasteiger partial charge is 0.329 e. The summed E-state index contributed by atoms with van der Waals surface area (Å²) < 4.78 is 0. The topological polar surface area (TPSA) is 66.4 Å². The maximum atomic E-state index is 11.8. The van der Waals surface area contributed by atoms with Crippen LogP contribution in [0.4, 0.5) is 0 Å². The second kappa shape index (κ2) is 7.30. The van der Waals surface area contributed by atoms with Crippen LogP contribution in [0, 0.1) is 5.92 Å². The summed E-state index contributed by atoms with van der Waals surface area (Å²) in [5.74, 6) is -0.774. The molecule has 2 N–H and O–H groups in total. The molecule has 0 aromatic carbocycles. The van der Waals surface area contributed by atoms with Crippen molar-refractivity contribution < 1.29 is 14.7 Å². The number of rotatable bonds is 8. The Bertz CT molecular complexity index is 261. The summed E-state index contributed by atoms with van der Waals surface area (Å²) in [6.07, 6.45) is 3.49. The van der Waals surface area contributed by atoms with Gasteiger partial charge in [-0.25, -0.2) is 4.79 Å². The Kier molecular flexibility index (Phi) is 6.85. The van der Waals surface area contributed by atoms with Gasteiger partial charge in [0.05, 0.1) is 0 Å². The summed E-state index contributed by atoms with van der Waals surface area (Å²) in [5.41, 5.74) is -1.13. The van der Waals surface area contributed by atoms with Crippen molar-refractivity contribution in [3.05, 3.63) is 0 Å². The van der Waals surface area contributed by atoms with Crippen molar-refractivity contribution in [3.63, 3.8) is 0 Å². The van der Waals surface area contributed by atoms with E-state index in [4.69, 9.17) is 5.11 Å². The monoisotopic (exact) mass is 243 g/mol. The highest BCUT2D eigenvalue weighted by atomic mass is 16.4. The molecule has 0 fully saturated rings. The molecule has 0 bridgehead atoms. The first kappa shape index (κ1) is 15.9. The van der Waals surface area contributed by atoms with E-state index in [1.807, 2.05) is 20.8 Å². The van der Waals surface area contributed by atoms with Gasteiger partial charge in [0.15, 0.2) is 0 Å². The molecule has 0 aromatic heterocycles. The van der Waals surface area contributed by atoms with Gasteiger partial charge < -0.3 is 10.4 Å². The lowest BCUT2D eigenvalue weighted by atomic mass is 9.94. The van der Waals surface area contributed by atoms with Gasteiger partial charge in [0, 0.05) is 6.42 Å². The Labute approximate surface area is 104 Å². The van der Waals surface area contributed by atoms with Crippen molar-refractivity contribution in [2.75, 3.05) is 0 Å². The Hall–Kier alpha value is -1.06. The standard InChI is InChI=1S/C13H25NO3/c1-5-8-13(4,12(16)17)14-11(15)9-10(6-2)7-3/h10H,5-9H2,1-4H3,(H,14,15)(H,16,17). The van der Waals surface area contributed by atoms with E-state index in [-0.39, 0.29) is 5.91 Å². The van der Waals surface area contributed by atoms with Crippen LogP contribution in [0.1, 0.15) is 59.8 Å². The molecule has 0 spiro atoms. The van der Waals surface area contributed by atoms with Crippen molar-refractivity contribution in [2.24, 2.45) is 5.92 Å². The van der Waals surface area contributed by atoms with Crippen LogP contribution in [0.3, 0.4) is 0 Å². The Balaban J connectivity index is 4.46. The molecule has 0 rings (SSSR count). The summed E-state index contributed by atoms with van der Waals surface area (Å²) >= 11 is 0. The molecule has 1 amide bonds. The van der Waals surface area contributed by atoms with Gasteiger partial charge in [0.1, 0.15) is 5.54 Å². The molecular weight excluding hydrogens is 218 g/mol. The molecular formula is C13H25NO3. The molecule has 0 heterocycles. The number of amides is 1. The highest BCUT2D eigenvalue weighted by molar-refractivity contribution is 5.86. The van der Waals surface area contributed by atoms with Crippen LogP contribution in [0.5, 0.6) is 0 Å². The second-order valence-corrected chi connectivity index (χ2v) is 4.82. The zero-order valence-electron chi connectivity index (χ0n) is 11.4. The molecule has 0 saturated carbocycles. The number of aliphatic carboxylic acids is 1. The molecule has 4 heteroatoms. The van der Waals surface area contributed by atoms with E-state index in [1.165, 1.54) is 0 Å². The van der Waals surface area contributed by atoms with Crippen LogP contribution in [0.25, 0.3) is 0 Å². The van der Waals surface area contributed by atoms with Crippen LogP contribution < -0.4 is 5.32 Å². The number of carbonyl (C=O) groups is 2. The first-order valence-electron chi connectivity index (χ1n) is 6.44. The number of carboxylic acid groups (broad SMARTS) is 1. The zero-order valence-corrected chi connectivity index (χ0v) is 11.4. The third kappa shape index (κ3) is 5.20. The predicted octanol–water partition coefficient (Wildman–Crippen LogP) is 2.57. The van der Waals surface area contributed by atoms with Crippen LogP contribution in [-0.4, -0.2) is 22.5 Å². The average Bonchev–Trinajstić information content (AvgIpc) is 2.25. The number of hydrogen-bond acceptors (Lipinski definition) is 2. The summed E-state index contributed by atoms with van der Waals surface area (Å²) in [6, 6.07) is 0. The van der Waals surface area contributed by atoms with Crippen molar-refractivity contribution in [2.45, 2.75) is 65.3 Å². The minimum Gasteiger partial charge on any atom is -0.480 e. The van der Waals surface area contributed by atoms with Gasteiger partial charge in [-0.2, -0.15) is 0 Å². The Morgan fingerprint density at radius 2 is 1.76 bits per heavy atom. The fourth-order valence-electron chi connectivity index (χ4n) is 1.92. The lowest BCUT2D eigenvalue weighted by Gasteiger charge is -2.26. The van der Waals surface area contributed by atoms with Gasteiger partial charge in [0.25, 0.3) is 0 Å². The van der Waals surface area contributed by atoms with Crippen molar-refractivity contribution in [1.29, 1.82) is 0 Å². The molecule has 100 valence electrons. The molecule has 0 aromatic rings. The van der Waals surface area contributed by atoms with Crippen LogP contribution in [0.2, 0.25) is 0 Å². The van der Waals surface area contributed by atoms with Crippen molar-refractivity contribution in [1.82, 2.24) is 5.32 Å². The lowest BCUT2D eigenvalue weighted by Crippen LogP contribution is -2.52. The summed E-state index contributed by atoms with van der Waals surface area (Å²) in [4.78, 5) is 22.9. The van der Waals surface area contributed by atoms with E-state index < -0.39 is 11.5 Å². The molecule has 0 saturated heterocycles. The van der Waals surface area contributed by atoms with Gasteiger partial charge in [-0.15, -0.1) is 0 Å². The zero-order chi connectivity index (χ0) is 13.5. The highest BCUT2D eigenvalue weighted by Crippen LogP contribution is 2.16. The number of hydrogen-bond donors (Lipinski definition) is 2. The minimum absolute atomic E-state index is 0.156. The van der Waals surface area contributed by atoms with Gasteiger partial charge in [-0.05, 0) is 19.3 Å². The number of carboxylic acids is 1. The van der Waals surface area contributed by atoms with Crippen molar-refractivity contribution in [3.8, 4) is 0 Å². The quantitative estimate of drug-likeness (QED) is 0.688. The minimum atomic E-state index is -1.13. The predicted molar refractivity (Wildman–Crippen MR) is 67.8 cm³/mol. The van der Waals surface area contributed by atoms with Crippen LogP contribution in [-0.2, 0) is 9.59 Å². The largest absolute Gasteiger partial charge is 0.480 e. The SMILES string of the molecule is CCCC(C)(NC(=O)CC(CC)CC)C(=O)O. The van der Waals surface area contributed by atoms with E-state index >= 15 is 0 Å². The first-order valence-corrected chi connectivity index (χ1v) is 6.44. The molecule has 4 nitrogen and oxygen atoms in total. The van der Waals surface area contributed by atoms with Gasteiger partial charge in [-0.3, -0.25) is 4.79 Å². The second-order valence-electron chi connectivity index (χ2n) is 4.82. The van der Waals surface area contributed by atoms with Crippen molar-refractivity contribution >= 4 is 11.9 Å².